The van der Waals surface area contributed by atoms with Crippen molar-refractivity contribution in [1.82, 2.24) is 5.32 Å². The molecule has 1 aliphatic rings. The highest BCUT2D eigenvalue weighted by molar-refractivity contribution is 6.12. The first-order valence-electron chi connectivity index (χ1n) is 10.8. The second-order valence-electron chi connectivity index (χ2n) is 7.00. The number of hydrogen-bond acceptors (Lipinski definition) is 3. The highest BCUT2D eigenvalue weighted by atomic mass is 16.1. The molecule has 0 saturated carbocycles. The van der Waals surface area contributed by atoms with Crippen LogP contribution in [0, 0.1) is 6.92 Å². The Morgan fingerprint density at radius 1 is 1.23 bits per heavy atom. The van der Waals surface area contributed by atoms with E-state index >= 15 is 0 Å². The molecule has 0 amide bonds. The maximum absolute atomic E-state index is 12.3. The van der Waals surface area contributed by atoms with Crippen LogP contribution < -0.4 is 11.1 Å². The lowest BCUT2D eigenvalue weighted by Gasteiger charge is -2.07. The lowest BCUT2D eigenvalue weighted by Crippen LogP contribution is -2.21. The van der Waals surface area contributed by atoms with E-state index in [4.69, 9.17) is 5.73 Å². The first-order chi connectivity index (χ1) is 15.0. The molecule has 0 atom stereocenters. The summed E-state index contributed by atoms with van der Waals surface area (Å²) in [5.74, 6) is 0.732. The van der Waals surface area contributed by atoms with E-state index in [2.05, 4.69) is 33.5 Å². The minimum atomic E-state index is -0.0661. The Kier molecular flexibility index (Phi) is 12.5. The van der Waals surface area contributed by atoms with Crippen molar-refractivity contribution in [2.24, 2.45) is 15.7 Å². The third-order valence-electron chi connectivity index (χ3n) is 4.42. The Balaban J connectivity index is 0.00000233. The van der Waals surface area contributed by atoms with Crippen LogP contribution in [-0.4, -0.2) is 37.6 Å². The normalized spacial score (nSPS) is 14.5. The molecule has 0 aliphatic heterocycles. The van der Waals surface area contributed by atoms with Gasteiger partial charge in [-0.3, -0.25) is 9.79 Å². The lowest BCUT2D eigenvalue weighted by molar-refractivity contribution is -0.113. The molecular formula is C26H36N4O. The molecule has 1 aliphatic carbocycles. The lowest BCUT2D eigenvalue weighted by atomic mass is 10.1. The fraction of sp³-hybridized carbons (Fsp3) is 0.346. The van der Waals surface area contributed by atoms with Crippen LogP contribution in [0.15, 0.2) is 81.9 Å². The number of rotatable bonds is 8. The molecule has 5 heteroatoms. The first kappa shape index (κ1) is 26.0. The molecule has 2 rings (SSSR count). The summed E-state index contributed by atoms with van der Waals surface area (Å²) in [5, 5.41) is 3.36. The number of nitrogens with zero attached hydrogens (tertiary/aromatic N) is 2. The Labute approximate surface area is 187 Å². The number of aryl methyl sites for hydroxylation is 1. The molecule has 0 saturated heterocycles. The summed E-state index contributed by atoms with van der Waals surface area (Å²) in [6.45, 7) is 9.34. The number of aliphatic imine (C=N–C) groups is 2. The smallest absolute Gasteiger partial charge is 0.163 e. The van der Waals surface area contributed by atoms with Gasteiger partial charge in [-0.25, -0.2) is 4.99 Å². The average Bonchev–Trinajstić information content (AvgIpc) is 3.03. The van der Waals surface area contributed by atoms with Gasteiger partial charge < -0.3 is 11.1 Å². The maximum Gasteiger partial charge on any atom is 0.163 e. The van der Waals surface area contributed by atoms with Crippen LogP contribution >= 0.6 is 0 Å². The van der Waals surface area contributed by atoms with E-state index in [0.717, 1.165) is 29.7 Å². The van der Waals surface area contributed by atoms with Gasteiger partial charge in [0.05, 0.1) is 6.42 Å². The van der Waals surface area contributed by atoms with E-state index in [1.807, 2.05) is 64.1 Å². The van der Waals surface area contributed by atoms with Gasteiger partial charge in [-0.1, -0.05) is 74.1 Å². The zero-order valence-corrected chi connectivity index (χ0v) is 19.5. The first-order valence-corrected chi connectivity index (χ1v) is 10.8. The molecule has 0 aromatic heterocycles. The Bertz CT molecular complexity index is 902. The topological polar surface area (TPSA) is 79.8 Å². The van der Waals surface area contributed by atoms with Gasteiger partial charge in [0.25, 0.3) is 0 Å². The third kappa shape index (κ3) is 10.0. The summed E-state index contributed by atoms with van der Waals surface area (Å²) in [4.78, 5) is 20.9. The molecule has 3 N–H and O–H groups in total. The van der Waals surface area contributed by atoms with Crippen LogP contribution in [-0.2, 0) is 4.79 Å². The Morgan fingerprint density at radius 2 is 1.97 bits per heavy atom. The molecule has 0 unspecified atom stereocenters. The van der Waals surface area contributed by atoms with Crippen LogP contribution in [0.4, 0.5) is 0 Å². The second-order valence-corrected chi connectivity index (χ2v) is 7.00. The second kappa shape index (κ2) is 14.9. The number of carbonyl (C=O) groups is 1. The van der Waals surface area contributed by atoms with Gasteiger partial charge in [0.1, 0.15) is 5.84 Å². The summed E-state index contributed by atoms with van der Waals surface area (Å²) >= 11 is 0. The van der Waals surface area contributed by atoms with Gasteiger partial charge in [0.2, 0.25) is 0 Å². The fourth-order valence-electron chi connectivity index (χ4n) is 2.94. The van der Waals surface area contributed by atoms with E-state index in [0.29, 0.717) is 12.4 Å². The monoisotopic (exact) mass is 420 g/mol. The van der Waals surface area contributed by atoms with Crippen molar-refractivity contribution in [3.63, 3.8) is 0 Å². The summed E-state index contributed by atoms with van der Waals surface area (Å²) in [6, 6.07) is 7.83. The largest absolute Gasteiger partial charge is 0.387 e. The molecule has 0 spiro atoms. The van der Waals surface area contributed by atoms with Gasteiger partial charge in [-0.15, -0.1) is 0 Å². The SMILES string of the molecule is CC.CN=C(N=C(N)CC(=O)/C=C(\C)CNCC1=CCC=CC=C1)c1ccccc1C. The van der Waals surface area contributed by atoms with Gasteiger partial charge >= 0.3 is 0 Å². The van der Waals surface area contributed by atoms with Crippen LogP contribution in [0.3, 0.4) is 0 Å². The van der Waals surface area contributed by atoms with Crippen LogP contribution in [0.1, 0.15) is 44.7 Å². The molecule has 0 fully saturated rings. The minimum absolute atomic E-state index is 0.0661. The predicted octanol–water partition coefficient (Wildman–Crippen LogP) is 4.69. The predicted molar refractivity (Wildman–Crippen MR) is 134 cm³/mol. The number of benzene rings is 1. The minimum Gasteiger partial charge on any atom is -0.387 e. The molecule has 166 valence electrons. The van der Waals surface area contributed by atoms with Crippen molar-refractivity contribution < 1.29 is 4.79 Å². The van der Waals surface area contributed by atoms with Gasteiger partial charge in [0.15, 0.2) is 11.6 Å². The molecule has 31 heavy (non-hydrogen) atoms. The average molecular weight is 421 g/mol. The maximum atomic E-state index is 12.3. The van der Waals surface area contributed by atoms with E-state index in [1.54, 1.807) is 13.1 Å². The van der Waals surface area contributed by atoms with Crippen molar-refractivity contribution in [3.05, 3.63) is 83.0 Å². The Morgan fingerprint density at radius 3 is 2.68 bits per heavy atom. The van der Waals surface area contributed by atoms with E-state index < -0.39 is 0 Å². The van der Waals surface area contributed by atoms with E-state index in [-0.39, 0.29) is 18.0 Å². The molecule has 1 aromatic carbocycles. The number of allylic oxidation sites excluding steroid dienone is 5. The van der Waals surface area contributed by atoms with Crippen LogP contribution in [0.5, 0.6) is 0 Å². The number of carbonyl (C=O) groups excluding carboxylic acids is 1. The zero-order chi connectivity index (χ0) is 23.1. The molecule has 5 nitrogen and oxygen atoms in total. The highest BCUT2D eigenvalue weighted by Gasteiger charge is 2.08. The standard InChI is InChI=1S/C24H30N4O.C2H6/c1-18(16-27-17-20-11-6-4-5-7-12-20)14-21(29)15-23(25)28-24(26-3)22-13-9-8-10-19(22)2;1-2/h4-6,8-14,27H,7,15-17H2,1-3H3,(H2,25,26,28);1-2H3/b18-14+;. The van der Waals surface area contributed by atoms with Crippen LogP contribution in [0.25, 0.3) is 0 Å². The summed E-state index contributed by atoms with van der Waals surface area (Å²) < 4.78 is 0. The molecule has 0 heterocycles. The zero-order valence-electron chi connectivity index (χ0n) is 19.5. The van der Waals surface area contributed by atoms with Gasteiger partial charge in [-0.05, 0) is 37.5 Å². The summed E-state index contributed by atoms with van der Waals surface area (Å²) in [7, 11) is 1.67. The van der Waals surface area contributed by atoms with Gasteiger partial charge in [-0.2, -0.15) is 0 Å². The summed E-state index contributed by atoms with van der Waals surface area (Å²) in [6.07, 6.45) is 13.1. The highest BCUT2D eigenvalue weighted by Crippen LogP contribution is 2.10. The summed E-state index contributed by atoms with van der Waals surface area (Å²) in [5.41, 5.74) is 10.2. The molecule has 0 radical (unpaired) electrons. The molecular weight excluding hydrogens is 384 g/mol. The number of nitrogens with two attached hydrogens (primary N) is 1. The van der Waals surface area contributed by atoms with Crippen molar-refractivity contribution in [2.75, 3.05) is 20.1 Å². The number of ketones is 1. The van der Waals surface area contributed by atoms with Crippen molar-refractivity contribution >= 4 is 17.5 Å². The van der Waals surface area contributed by atoms with Crippen molar-refractivity contribution in [3.8, 4) is 0 Å². The quantitative estimate of drug-likeness (QED) is 0.364. The van der Waals surface area contributed by atoms with Crippen LogP contribution in [0.2, 0.25) is 0 Å². The fourth-order valence-corrected chi connectivity index (χ4v) is 2.94. The third-order valence-corrected chi connectivity index (χ3v) is 4.42. The number of amidine groups is 2. The molecule has 1 aromatic rings. The van der Waals surface area contributed by atoms with Gasteiger partial charge in [0, 0.05) is 25.7 Å². The molecule has 0 bridgehead atoms. The van der Waals surface area contributed by atoms with E-state index in [1.165, 1.54) is 5.57 Å². The Hall–Kier alpha value is -3.05. The number of nitrogens with one attached hydrogen (secondary N) is 1. The number of hydrogen-bond donors (Lipinski definition) is 2. The van der Waals surface area contributed by atoms with Crippen molar-refractivity contribution in [2.45, 2.75) is 40.5 Å². The van der Waals surface area contributed by atoms with Crippen molar-refractivity contribution in [1.29, 1.82) is 0 Å². The van der Waals surface area contributed by atoms with E-state index in [9.17, 15) is 4.79 Å².